The van der Waals surface area contributed by atoms with Crippen LogP contribution >= 0.6 is 11.3 Å². The number of anilines is 3. The average molecular weight is 352 g/mol. The number of hydrogen-bond acceptors (Lipinski definition) is 5. The highest BCUT2D eigenvalue weighted by molar-refractivity contribution is 7.13. The molecular formula is C18H16N4O2S. The first-order valence-corrected chi connectivity index (χ1v) is 8.39. The molecule has 0 atom stereocenters. The van der Waals surface area contributed by atoms with E-state index in [1.807, 2.05) is 29.6 Å². The van der Waals surface area contributed by atoms with Crippen LogP contribution in [0.15, 0.2) is 54.0 Å². The number of benzene rings is 1. The smallest absolute Gasteiger partial charge is 0.257 e. The van der Waals surface area contributed by atoms with Crippen molar-refractivity contribution in [1.82, 2.24) is 4.98 Å². The van der Waals surface area contributed by atoms with Gasteiger partial charge in [0, 0.05) is 18.0 Å². The molecule has 0 saturated heterocycles. The molecule has 0 bridgehead atoms. The van der Waals surface area contributed by atoms with Crippen molar-refractivity contribution in [2.75, 3.05) is 16.4 Å². The van der Waals surface area contributed by atoms with Gasteiger partial charge in [0.15, 0.2) is 0 Å². The molecule has 2 heterocycles. The number of amides is 2. The summed E-state index contributed by atoms with van der Waals surface area (Å²) in [6.45, 7) is 1.39. The second kappa shape index (κ2) is 7.14. The lowest BCUT2D eigenvalue weighted by molar-refractivity contribution is -0.114. The third kappa shape index (κ3) is 4.02. The van der Waals surface area contributed by atoms with Crippen LogP contribution < -0.4 is 16.4 Å². The van der Waals surface area contributed by atoms with Crippen molar-refractivity contribution in [3.8, 4) is 10.4 Å². The monoisotopic (exact) mass is 352 g/mol. The van der Waals surface area contributed by atoms with E-state index in [0.717, 1.165) is 10.4 Å². The van der Waals surface area contributed by atoms with Gasteiger partial charge in [0.25, 0.3) is 5.91 Å². The van der Waals surface area contributed by atoms with E-state index in [4.69, 9.17) is 5.73 Å². The summed E-state index contributed by atoms with van der Waals surface area (Å²) in [5.74, 6) is -0.150. The van der Waals surface area contributed by atoms with Gasteiger partial charge in [0.2, 0.25) is 5.91 Å². The Balaban J connectivity index is 1.78. The standard InChI is InChI=1S/C18H16N4O2S/c1-11(23)21-17-7-5-13(10-20-17)18(24)22-15-9-12(4-6-14(15)19)16-3-2-8-25-16/h2-10H,19H2,1H3,(H,22,24)(H,20,21,23). The molecule has 1 aromatic carbocycles. The Morgan fingerprint density at radius 3 is 2.60 bits per heavy atom. The first kappa shape index (κ1) is 16.7. The van der Waals surface area contributed by atoms with Crippen LogP contribution in [0.5, 0.6) is 0 Å². The minimum atomic E-state index is -0.322. The molecule has 0 fully saturated rings. The van der Waals surface area contributed by atoms with Gasteiger partial charge in [0.05, 0.1) is 16.9 Å². The summed E-state index contributed by atoms with van der Waals surface area (Å²) in [5.41, 5.74) is 8.36. The van der Waals surface area contributed by atoms with Gasteiger partial charge in [0.1, 0.15) is 5.82 Å². The average Bonchev–Trinajstić information content (AvgIpc) is 3.11. The van der Waals surface area contributed by atoms with E-state index in [2.05, 4.69) is 15.6 Å². The van der Waals surface area contributed by atoms with E-state index >= 15 is 0 Å². The van der Waals surface area contributed by atoms with E-state index in [1.165, 1.54) is 13.1 Å². The number of nitrogens with two attached hydrogens (primary N) is 1. The summed E-state index contributed by atoms with van der Waals surface area (Å²) in [5, 5.41) is 7.35. The molecule has 0 radical (unpaired) electrons. The molecule has 2 aromatic heterocycles. The maximum Gasteiger partial charge on any atom is 0.257 e. The molecule has 2 amide bonds. The fraction of sp³-hybridized carbons (Fsp3) is 0.0556. The molecule has 3 rings (SSSR count). The van der Waals surface area contributed by atoms with Crippen molar-refractivity contribution in [3.63, 3.8) is 0 Å². The molecule has 7 heteroatoms. The zero-order valence-electron chi connectivity index (χ0n) is 13.4. The topological polar surface area (TPSA) is 97.1 Å². The SMILES string of the molecule is CC(=O)Nc1ccc(C(=O)Nc2cc(-c3cccs3)ccc2N)cn1. The Kier molecular flexibility index (Phi) is 4.76. The normalized spacial score (nSPS) is 10.3. The number of thiophene rings is 1. The Labute approximate surface area is 148 Å². The van der Waals surface area contributed by atoms with Gasteiger partial charge in [-0.3, -0.25) is 9.59 Å². The number of nitrogen functional groups attached to an aromatic ring is 1. The largest absolute Gasteiger partial charge is 0.397 e. The van der Waals surface area contributed by atoms with Crippen molar-refractivity contribution < 1.29 is 9.59 Å². The van der Waals surface area contributed by atoms with Gasteiger partial charge in [-0.25, -0.2) is 4.98 Å². The van der Waals surface area contributed by atoms with Crippen LogP contribution in [0.25, 0.3) is 10.4 Å². The summed E-state index contributed by atoms with van der Waals surface area (Å²) in [7, 11) is 0. The number of rotatable bonds is 4. The van der Waals surface area contributed by atoms with Crippen LogP contribution in [0.1, 0.15) is 17.3 Å². The van der Waals surface area contributed by atoms with E-state index in [-0.39, 0.29) is 11.8 Å². The summed E-state index contributed by atoms with van der Waals surface area (Å²) in [6.07, 6.45) is 1.40. The first-order chi connectivity index (χ1) is 12.0. The predicted octanol–water partition coefficient (Wildman–Crippen LogP) is 3.60. The third-order valence-corrected chi connectivity index (χ3v) is 4.36. The van der Waals surface area contributed by atoms with Gasteiger partial charge in [-0.2, -0.15) is 0 Å². The minimum Gasteiger partial charge on any atom is -0.397 e. The number of hydrogen-bond donors (Lipinski definition) is 3. The Bertz CT molecular complexity index is 905. The van der Waals surface area contributed by atoms with E-state index in [9.17, 15) is 9.59 Å². The van der Waals surface area contributed by atoms with Crippen LogP contribution in [-0.4, -0.2) is 16.8 Å². The van der Waals surface area contributed by atoms with Gasteiger partial charge in [-0.1, -0.05) is 12.1 Å². The summed E-state index contributed by atoms with van der Waals surface area (Å²) >= 11 is 1.61. The van der Waals surface area contributed by atoms with Gasteiger partial charge in [-0.05, 0) is 41.3 Å². The van der Waals surface area contributed by atoms with Gasteiger partial charge < -0.3 is 16.4 Å². The van der Waals surface area contributed by atoms with Crippen molar-refractivity contribution in [3.05, 3.63) is 59.6 Å². The summed E-state index contributed by atoms with van der Waals surface area (Å²) in [4.78, 5) is 28.5. The number of nitrogens with zero attached hydrogens (tertiary/aromatic N) is 1. The van der Waals surface area contributed by atoms with Crippen LogP contribution in [0.2, 0.25) is 0 Å². The van der Waals surface area contributed by atoms with Crippen LogP contribution in [0.4, 0.5) is 17.2 Å². The molecule has 126 valence electrons. The Hall–Kier alpha value is -3.19. The van der Waals surface area contributed by atoms with E-state index < -0.39 is 0 Å². The molecule has 25 heavy (non-hydrogen) atoms. The maximum absolute atomic E-state index is 12.4. The quantitative estimate of drug-likeness (QED) is 0.625. The molecule has 0 unspecified atom stereocenters. The molecule has 6 nitrogen and oxygen atoms in total. The number of pyridine rings is 1. The zero-order chi connectivity index (χ0) is 17.8. The molecule has 4 N–H and O–H groups in total. The third-order valence-electron chi connectivity index (χ3n) is 3.44. The van der Waals surface area contributed by atoms with Crippen LogP contribution in [0.3, 0.4) is 0 Å². The number of aromatic nitrogens is 1. The lowest BCUT2D eigenvalue weighted by Gasteiger charge is -2.10. The van der Waals surface area contributed by atoms with Crippen LogP contribution in [0, 0.1) is 0 Å². The van der Waals surface area contributed by atoms with Crippen molar-refractivity contribution in [2.45, 2.75) is 6.92 Å². The van der Waals surface area contributed by atoms with Gasteiger partial charge >= 0.3 is 0 Å². The number of nitrogens with one attached hydrogen (secondary N) is 2. The minimum absolute atomic E-state index is 0.220. The molecule has 0 aliphatic heterocycles. The van der Waals surface area contributed by atoms with Crippen molar-refractivity contribution in [1.29, 1.82) is 0 Å². The van der Waals surface area contributed by atoms with Crippen LogP contribution in [-0.2, 0) is 4.79 Å². The second-order valence-electron chi connectivity index (χ2n) is 5.35. The number of carbonyl (C=O) groups excluding carboxylic acids is 2. The lowest BCUT2D eigenvalue weighted by atomic mass is 10.1. The summed E-state index contributed by atoms with van der Waals surface area (Å²) < 4.78 is 0. The van der Waals surface area contributed by atoms with E-state index in [0.29, 0.717) is 22.8 Å². The fourth-order valence-corrected chi connectivity index (χ4v) is 2.96. The summed E-state index contributed by atoms with van der Waals surface area (Å²) in [6, 6.07) is 12.7. The Morgan fingerprint density at radius 1 is 1.12 bits per heavy atom. The van der Waals surface area contributed by atoms with E-state index in [1.54, 1.807) is 29.5 Å². The van der Waals surface area contributed by atoms with Crippen molar-refractivity contribution in [2.24, 2.45) is 0 Å². The number of carbonyl (C=O) groups is 2. The molecule has 0 saturated carbocycles. The van der Waals surface area contributed by atoms with Crippen molar-refractivity contribution >= 4 is 40.3 Å². The highest BCUT2D eigenvalue weighted by Gasteiger charge is 2.11. The fourth-order valence-electron chi connectivity index (χ4n) is 2.24. The van der Waals surface area contributed by atoms with Gasteiger partial charge in [-0.15, -0.1) is 11.3 Å². The molecular weight excluding hydrogens is 336 g/mol. The Morgan fingerprint density at radius 2 is 1.96 bits per heavy atom. The highest BCUT2D eigenvalue weighted by Crippen LogP contribution is 2.30. The predicted molar refractivity (Wildman–Crippen MR) is 101 cm³/mol. The maximum atomic E-state index is 12.4. The first-order valence-electron chi connectivity index (χ1n) is 7.51. The molecule has 0 aliphatic carbocycles. The molecule has 3 aromatic rings. The molecule has 0 aliphatic rings. The zero-order valence-corrected chi connectivity index (χ0v) is 14.3. The molecule has 0 spiro atoms. The lowest BCUT2D eigenvalue weighted by Crippen LogP contribution is -2.14. The second-order valence-corrected chi connectivity index (χ2v) is 6.29. The highest BCUT2D eigenvalue weighted by atomic mass is 32.1.